The molecule has 2 heteroatoms. The van der Waals surface area contributed by atoms with Crippen molar-refractivity contribution < 1.29 is 4.74 Å². The topological polar surface area (TPSA) is 35.2 Å². The van der Waals surface area contributed by atoms with Crippen molar-refractivity contribution in [3.05, 3.63) is 34.4 Å². The lowest BCUT2D eigenvalue weighted by Crippen LogP contribution is -2.41. The van der Waals surface area contributed by atoms with Gasteiger partial charge in [-0.1, -0.05) is 30.5 Å². The molecule has 1 fully saturated rings. The predicted molar refractivity (Wildman–Crippen MR) is 75.7 cm³/mol. The van der Waals surface area contributed by atoms with Crippen LogP contribution in [0.2, 0.25) is 0 Å². The standard InChI is InChI=1S/C16H25NO/c1-12-8-13(2)15(14(3)9-12)10-18-11-16(17)6-4-5-7-16/h8-9H,4-7,10-11,17H2,1-3H3. The van der Waals surface area contributed by atoms with Crippen LogP contribution in [0, 0.1) is 20.8 Å². The maximum atomic E-state index is 6.30. The number of aryl methyl sites for hydroxylation is 3. The van der Waals surface area contributed by atoms with E-state index < -0.39 is 0 Å². The molecule has 0 aromatic heterocycles. The molecule has 0 unspecified atom stereocenters. The van der Waals surface area contributed by atoms with E-state index in [0.717, 1.165) is 12.8 Å². The van der Waals surface area contributed by atoms with Gasteiger partial charge in [0.05, 0.1) is 13.2 Å². The average Bonchev–Trinajstić information content (AvgIpc) is 2.69. The second kappa shape index (κ2) is 5.41. The van der Waals surface area contributed by atoms with Gasteiger partial charge >= 0.3 is 0 Å². The molecule has 0 saturated heterocycles. The fraction of sp³-hybridized carbons (Fsp3) is 0.625. The summed E-state index contributed by atoms with van der Waals surface area (Å²) < 4.78 is 5.88. The quantitative estimate of drug-likeness (QED) is 0.885. The zero-order valence-electron chi connectivity index (χ0n) is 11.9. The van der Waals surface area contributed by atoms with Crippen molar-refractivity contribution in [2.45, 2.75) is 58.6 Å². The van der Waals surface area contributed by atoms with Crippen molar-refractivity contribution in [2.24, 2.45) is 5.73 Å². The number of hydrogen-bond donors (Lipinski definition) is 1. The van der Waals surface area contributed by atoms with Crippen molar-refractivity contribution in [1.82, 2.24) is 0 Å². The van der Waals surface area contributed by atoms with Crippen molar-refractivity contribution >= 4 is 0 Å². The van der Waals surface area contributed by atoms with Crippen LogP contribution in [0.25, 0.3) is 0 Å². The van der Waals surface area contributed by atoms with Crippen LogP contribution in [0.3, 0.4) is 0 Å². The molecule has 18 heavy (non-hydrogen) atoms. The SMILES string of the molecule is Cc1cc(C)c(COCC2(N)CCCC2)c(C)c1. The molecule has 0 atom stereocenters. The van der Waals surface area contributed by atoms with E-state index in [2.05, 4.69) is 32.9 Å². The van der Waals surface area contributed by atoms with Gasteiger partial charge in [-0.3, -0.25) is 0 Å². The van der Waals surface area contributed by atoms with Gasteiger partial charge in [-0.2, -0.15) is 0 Å². The molecule has 1 aliphatic carbocycles. The van der Waals surface area contributed by atoms with Gasteiger partial charge < -0.3 is 10.5 Å². The highest BCUT2D eigenvalue weighted by Crippen LogP contribution is 2.28. The molecule has 1 aliphatic rings. The molecule has 100 valence electrons. The second-order valence-electron chi connectivity index (χ2n) is 5.94. The Labute approximate surface area is 111 Å². The second-order valence-corrected chi connectivity index (χ2v) is 5.94. The molecular formula is C16H25NO. The molecule has 1 aromatic carbocycles. The van der Waals surface area contributed by atoms with Gasteiger partial charge in [0.2, 0.25) is 0 Å². The van der Waals surface area contributed by atoms with Crippen LogP contribution >= 0.6 is 0 Å². The number of ether oxygens (including phenoxy) is 1. The Morgan fingerprint density at radius 1 is 1.11 bits per heavy atom. The first-order valence-electron chi connectivity index (χ1n) is 6.93. The molecule has 0 amide bonds. The minimum atomic E-state index is -0.0630. The van der Waals surface area contributed by atoms with Gasteiger partial charge in [0.1, 0.15) is 0 Å². The Morgan fingerprint density at radius 2 is 1.67 bits per heavy atom. The maximum absolute atomic E-state index is 6.30. The van der Waals surface area contributed by atoms with Crippen molar-refractivity contribution in [2.75, 3.05) is 6.61 Å². The van der Waals surface area contributed by atoms with Crippen molar-refractivity contribution in [3.63, 3.8) is 0 Å². The molecular weight excluding hydrogens is 222 g/mol. The molecule has 2 nitrogen and oxygen atoms in total. The van der Waals surface area contributed by atoms with Gasteiger partial charge in [-0.25, -0.2) is 0 Å². The summed E-state index contributed by atoms with van der Waals surface area (Å²) in [6, 6.07) is 4.44. The first kappa shape index (κ1) is 13.6. The van der Waals surface area contributed by atoms with E-state index in [1.165, 1.54) is 35.1 Å². The lowest BCUT2D eigenvalue weighted by molar-refractivity contribution is 0.0745. The Bertz CT molecular complexity index is 396. The molecule has 0 heterocycles. The average molecular weight is 247 g/mol. The maximum Gasteiger partial charge on any atom is 0.0722 e. The van der Waals surface area contributed by atoms with Crippen LogP contribution in [0.5, 0.6) is 0 Å². The Hall–Kier alpha value is -0.860. The smallest absolute Gasteiger partial charge is 0.0722 e. The van der Waals surface area contributed by atoms with Crippen LogP contribution in [0.4, 0.5) is 0 Å². The highest BCUT2D eigenvalue weighted by atomic mass is 16.5. The van der Waals surface area contributed by atoms with E-state index in [0.29, 0.717) is 13.2 Å². The summed E-state index contributed by atoms with van der Waals surface area (Å²) in [5, 5.41) is 0. The highest BCUT2D eigenvalue weighted by molar-refractivity contribution is 5.36. The van der Waals surface area contributed by atoms with E-state index in [-0.39, 0.29) is 5.54 Å². The van der Waals surface area contributed by atoms with Gasteiger partial charge in [-0.05, 0) is 50.3 Å². The van der Waals surface area contributed by atoms with Crippen LogP contribution in [-0.4, -0.2) is 12.1 Å². The van der Waals surface area contributed by atoms with Crippen LogP contribution in [0.1, 0.15) is 47.9 Å². The van der Waals surface area contributed by atoms with Gasteiger partial charge in [0.15, 0.2) is 0 Å². The van der Waals surface area contributed by atoms with E-state index >= 15 is 0 Å². The molecule has 2 N–H and O–H groups in total. The predicted octanol–water partition coefficient (Wildman–Crippen LogP) is 3.40. The number of hydrogen-bond acceptors (Lipinski definition) is 2. The Balaban J connectivity index is 1.94. The molecule has 2 rings (SSSR count). The third kappa shape index (κ3) is 3.12. The molecule has 0 spiro atoms. The molecule has 0 bridgehead atoms. The summed E-state index contributed by atoms with van der Waals surface area (Å²) in [4.78, 5) is 0. The lowest BCUT2D eigenvalue weighted by atomic mass is 9.99. The first-order chi connectivity index (χ1) is 8.50. The van der Waals surface area contributed by atoms with E-state index in [1.54, 1.807) is 0 Å². The third-order valence-corrected chi connectivity index (χ3v) is 4.08. The first-order valence-corrected chi connectivity index (χ1v) is 6.93. The fourth-order valence-electron chi connectivity index (χ4n) is 3.02. The Morgan fingerprint density at radius 3 is 2.22 bits per heavy atom. The number of benzene rings is 1. The number of nitrogens with two attached hydrogens (primary N) is 1. The molecule has 0 radical (unpaired) electrons. The normalized spacial score (nSPS) is 18.2. The lowest BCUT2D eigenvalue weighted by Gasteiger charge is -2.23. The van der Waals surface area contributed by atoms with Gasteiger partial charge in [0, 0.05) is 5.54 Å². The van der Waals surface area contributed by atoms with E-state index in [9.17, 15) is 0 Å². The molecule has 0 aliphatic heterocycles. The van der Waals surface area contributed by atoms with Gasteiger partial charge in [-0.15, -0.1) is 0 Å². The van der Waals surface area contributed by atoms with Crippen LogP contribution in [-0.2, 0) is 11.3 Å². The van der Waals surface area contributed by atoms with E-state index in [4.69, 9.17) is 10.5 Å². The zero-order valence-corrected chi connectivity index (χ0v) is 11.9. The highest BCUT2D eigenvalue weighted by Gasteiger charge is 2.29. The summed E-state index contributed by atoms with van der Waals surface area (Å²) >= 11 is 0. The largest absolute Gasteiger partial charge is 0.375 e. The summed E-state index contributed by atoms with van der Waals surface area (Å²) in [5.74, 6) is 0. The van der Waals surface area contributed by atoms with Crippen LogP contribution < -0.4 is 5.73 Å². The monoisotopic (exact) mass is 247 g/mol. The summed E-state index contributed by atoms with van der Waals surface area (Å²) in [5.41, 5.74) is 11.5. The third-order valence-electron chi connectivity index (χ3n) is 4.08. The summed E-state index contributed by atoms with van der Waals surface area (Å²) in [7, 11) is 0. The van der Waals surface area contributed by atoms with Crippen molar-refractivity contribution in [1.29, 1.82) is 0 Å². The molecule has 1 aromatic rings. The minimum absolute atomic E-state index is 0.0630. The van der Waals surface area contributed by atoms with Gasteiger partial charge in [0.25, 0.3) is 0 Å². The Kier molecular flexibility index (Phi) is 4.08. The summed E-state index contributed by atoms with van der Waals surface area (Å²) in [6.45, 7) is 7.84. The zero-order chi connectivity index (χ0) is 13.2. The van der Waals surface area contributed by atoms with E-state index in [1.807, 2.05) is 0 Å². The minimum Gasteiger partial charge on any atom is -0.375 e. The fourth-order valence-corrected chi connectivity index (χ4v) is 3.02. The van der Waals surface area contributed by atoms with Crippen LogP contribution in [0.15, 0.2) is 12.1 Å². The van der Waals surface area contributed by atoms with Crippen molar-refractivity contribution in [3.8, 4) is 0 Å². The number of rotatable bonds is 4. The summed E-state index contributed by atoms with van der Waals surface area (Å²) in [6.07, 6.45) is 4.72. The molecule has 1 saturated carbocycles.